The molecule has 3 aromatic rings. The highest BCUT2D eigenvalue weighted by atomic mass is 19.1. The number of nitrogens with one attached hydrogen (secondary N) is 1. The van der Waals surface area contributed by atoms with Crippen LogP contribution in [0.5, 0.6) is 5.75 Å². The number of aromatic amines is 1. The van der Waals surface area contributed by atoms with Crippen molar-refractivity contribution in [3.63, 3.8) is 0 Å². The molecule has 0 unspecified atom stereocenters. The minimum atomic E-state index is -0.502. The standard InChI is InChI=1S/C24H28FN5O4/c1-4-17-23(31)28-22-19(27-17)12-20(34-5-2)16(21(22)25)14-29-8-10-30(11-9-29)15-6-7-18(26-13-15)24(32)33-3/h6-7,12-13H,4-5,8-11,14H2,1-3H3,(H,28,31). The second-order valence-electron chi connectivity index (χ2n) is 8.02. The van der Waals surface area contributed by atoms with Crippen molar-refractivity contribution in [2.75, 3.05) is 44.8 Å². The van der Waals surface area contributed by atoms with Gasteiger partial charge in [-0.15, -0.1) is 0 Å². The fourth-order valence-electron chi connectivity index (χ4n) is 4.10. The summed E-state index contributed by atoms with van der Waals surface area (Å²) < 4.78 is 26.0. The van der Waals surface area contributed by atoms with Gasteiger partial charge in [-0.25, -0.2) is 19.2 Å². The Kier molecular flexibility index (Phi) is 7.06. The number of aryl methyl sites for hydroxylation is 1. The highest BCUT2D eigenvalue weighted by Crippen LogP contribution is 2.30. The lowest BCUT2D eigenvalue weighted by molar-refractivity contribution is 0.0594. The van der Waals surface area contributed by atoms with Gasteiger partial charge in [-0.2, -0.15) is 0 Å². The molecule has 0 spiro atoms. The molecule has 4 rings (SSSR count). The van der Waals surface area contributed by atoms with Crippen LogP contribution in [0.15, 0.2) is 29.2 Å². The molecule has 34 heavy (non-hydrogen) atoms. The summed E-state index contributed by atoms with van der Waals surface area (Å²) in [5.74, 6) is -0.529. The normalized spacial score (nSPS) is 14.4. The number of carbonyl (C=O) groups is 1. The Bertz CT molecular complexity index is 1240. The van der Waals surface area contributed by atoms with Crippen molar-refractivity contribution in [2.45, 2.75) is 26.8 Å². The van der Waals surface area contributed by atoms with Crippen LogP contribution in [0.2, 0.25) is 0 Å². The summed E-state index contributed by atoms with van der Waals surface area (Å²) in [6, 6.07) is 5.20. The predicted molar refractivity (Wildman–Crippen MR) is 126 cm³/mol. The number of methoxy groups -OCH3 is 1. The molecule has 9 nitrogen and oxygen atoms in total. The van der Waals surface area contributed by atoms with Gasteiger partial charge in [0.25, 0.3) is 5.56 Å². The Morgan fingerprint density at radius 1 is 1.21 bits per heavy atom. The molecule has 1 aromatic carbocycles. The van der Waals surface area contributed by atoms with Crippen LogP contribution >= 0.6 is 0 Å². The third-order valence-electron chi connectivity index (χ3n) is 5.96. The van der Waals surface area contributed by atoms with E-state index in [0.29, 0.717) is 55.2 Å². The zero-order valence-corrected chi connectivity index (χ0v) is 19.6. The van der Waals surface area contributed by atoms with Crippen molar-refractivity contribution in [3.8, 4) is 5.75 Å². The topological polar surface area (TPSA) is 101 Å². The first-order valence-corrected chi connectivity index (χ1v) is 11.3. The summed E-state index contributed by atoms with van der Waals surface area (Å²) in [5, 5.41) is 0. The zero-order chi connectivity index (χ0) is 24.2. The van der Waals surface area contributed by atoms with Gasteiger partial charge in [-0.05, 0) is 25.5 Å². The number of esters is 1. The summed E-state index contributed by atoms with van der Waals surface area (Å²) in [7, 11) is 1.32. The molecule has 3 heterocycles. The van der Waals surface area contributed by atoms with Gasteiger partial charge in [0.1, 0.15) is 22.7 Å². The number of H-pyrrole nitrogens is 1. The van der Waals surface area contributed by atoms with E-state index in [1.807, 2.05) is 19.9 Å². The third kappa shape index (κ3) is 4.72. The van der Waals surface area contributed by atoms with Gasteiger partial charge in [0.2, 0.25) is 0 Å². The molecule has 0 aliphatic carbocycles. The molecule has 1 fully saturated rings. The van der Waals surface area contributed by atoms with Crippen LogP contribution < -0.4 is 15.2 Å². The number of nitrogens with zero attached hydrogens (tertiary/aromatic N) is 4. The number of ether oxygens (including phenoxy) is 2. The van der Waals surface area contributed by atoms with Gasteiger partial charge in [-0.1, -0.05) is 6.92 Å². The predicted octanol–water partition coefficient (Wildman–Crippen LogP) is 2.53. The van der Waals surface area contributed by atoms with E-state index in [2.05, 4.69) is 29.5 Å². The number of pyridine rings is 1. The fraction of sp³-hybridized carbons (Fsp3) is 0.417. The fourth-order valence-corrected chi connectivity index (χ4v) is 4.10. The number of halogens is 1. The largest absolute Gasteiger partial charge is 0.493 e. The number of carbonyl (C=O) groups excluding carboxylic acids is 1. The van der Waals surface area contributed by atoms with Crippen LogP contribution in [0, 0.1) is 5.82 Å². The van der Waals surface area contributed by atoms with Gasteiger partial charge >= 0.3 is 5.97 Å². The number of rotatable bonds is 7. The van der Waals surface area contributed by atoms with E-state index < -0.39 is 11.8 Å². The van der Waals surface area contributed by atoms with Crippen LogP contribution in [0.3, 0.4) is 0 Å². The molecule has 1 aliphatic heterocycles. The molecule has 0 saturated carbocycles. The molecule has 180 valence electrons. The summed E-state index contributed by atoms with van der Waals surface area (Å²) in [6.45, 7) is 7.26. The minimum Gasteiger partial charge on any atom is -0.493 e. The molecule has 1 N–H and O–H groups in total. The monoisotopic (exact) mass is 469 g/mol. The minimum absolute atomic E-state index is 0.107. The maximum atomic E-state index is 15.5. The van der Waals surface area contributed by atoms with Gasteiger partial charge in [0, 0.05) is 44.4 Å². The Morgan fingerprint density at radius 3 is 2.59 bits per heavy atom. The molecule has 10 heteroatoms. The summed E-state index contributed by atoms with van der Waals surface area (Å²) in [6.07, 6.45) is 2.12. The zero-order valence-electron chi connectivity index (χ0n) is 19.6. The quantitative estimate of drug-likeness (QED) is 0.527. The van der Waals surface area contributed by atoms with E-state index in [4.69, 9.17) is 4.74 Å². The number of piperazine rings is 1. The van der Waals surface area contributed by atoms with Crippen molar-refractivity contribution in [1.82, 2.24) is 19.9 Å². The van der Waals surface area contributed by atoms with E-state index in [1.165, 1.54) is 7.11 Å². The molecule has 2 aromatic heterocycles. The average molecular weight is 470 g/mol. The van der Waals surface area contributed by atoms with Crippen molar-refractivity contribution in [1.29, 1.82) is 0 Å². The van der Waals surface area contributed by atoms with Crippen molar-refractivity contribution >= 4 is 22.7 Å². The molecule has 1 saturated heterocycles. The van der Waals surface area contributed by atoms with Crippen molar-refractivity contribution in [2.24, 2.45) is 0 Å². The van der Waals surface area contributed by atoms with E-state index in [9.17, 15) is 9.59 Å². The number of hydrogen-bond acceptors (Lipinski definition) is 8. The van der Waals surface area contributed by atoms with Crippen LogP contribution in [0.4, 0.5) is 10.1 Å². The van der Waals surface area contributed by atoms with E-state index in [0.717, 1.165) is 18.8 Å². The Morgan fingerprint density at radius 2 is 1.97 bits per heavy atom. The van der Waals surface area contributed by atoms with Crippen molar-refractivity contribution < 1.29 is 18.7 Å². The lowest BCUT2D eigenvalue weighted by atomic mass is 10.1. The number of anilines is 1. The maximum Gasteiger partial charge on any atom is 0.356 e. The molecule has 1 aliphatic rings. The smallest absolute Gasteiger partial charge is 0.356 e. The maximum absolute atomic E-state index is 15.5. The number of fused-ring (bicyclic) bond motifs is 1. The van der Waals surface area contributed by atoms with E-state index in [-0.39, 0.29) is 16.8 Å². The number of hydrogen-bond donors (Lipinski definition) is 1. The van der Waals surface area contributed by atoms with Crippen LogP contribution in [-0.2, 0) is 17.7 Å². The second-order valence-corrected chi connectivity index (χ2v) is 8.02. The lowest BCUT2D eigenvalue weighted by Gasteiger charge is -2.36. The van der Waals surface area contributed by atoms with E-state index >= 15 is 4.39 Å². The first kappa shape index (κ1) is 23.6. The first-order valence-electron chi connectivity index (χ1n) is 11.3. The molecule has 0 amide bonds. The van der Waals surface area contributed by atoms with Crippen LogP contribution in [-0.4, -0.2) is 65.7 Å². The van der Waals surface area contributed by atoms with Crippen LogP contribution in [0.1, 0.15) is 35.6 Å². The Labute approximate surface area is 196 Å². The van der Waals surface area contributed by atoms with Gasteiger partial charge in [0.05, 0.1) is 31.1 Å². The van der Waals surface area contributed by atoms with E-state index in [1.54, 1.807) is 18.3 Å². The summed E-state index contributed by atoms with van der Waals surface area (Å²) >= 11 is 0. The highest BCUT2D eigenvalue weighted by molar-refractivity contribution is 5.87. The molecule has 0 atom stereocenters. The van der Waals surface area contributed by atoms with Gasteiger partial charge in [0.15, 0.2) is 5.82 Å². The molecular formula is C24H28FN5O4. The first-order chi connectivity index (χ1) is 16.4. The van der Waals surface area contributed by atoms with Crippen molar-refractivity contribution in [3.05, 3.63) is 57.5 Å². The average Bonchev–Trinajstić information content (AvgIpc) is 2.86. The summed E-state index contributed by atoms with van der Waals surface area (Å²) in [5.41, 5.74) is 2.07. The second kappa shape index (κ2) is 10.2. The third-order valence-corrected chi connectivity index (χ3v) is 5.96. The SMILES string of the molecule is CCOc1cc2nc(CC)c(=O)[nH]c2c(F)c1CN1CCN(c2ccc(C(=O)OC)nc2)CC1. The Balaban J connectivity index is 1.51. The van der Waals surface area contributed by atoms with Gasteiger partial charge < -0.3 is 19.4 Å². The Hall–Kier alpha value is -3.53. The molecular weight excluding hydrogens is 441 g/mol. The number of aromatic nitrogens is 3. The highest BCUT2D eigenvalue weighted by Gasteiger charge is 2.23. The lowest BCUT2D eigenvalue weighted by Crippen LogP contribution is -2.46. The van der Waals surface area contributed by atoms with Crippen LogP contribution in [0.25, 0.3) is 11.0 Å². The summed E-state index contributed by atoms with van der Waals surface area (Å²) in [4.78, 5) is 39.3. The number of benzene rings is 1. The molecule has 0 bridgehead atoms. The molecule has 0 radical (unpaired) electrons. The van der Waals surface area contributed by atoms with Gasteiger partial charge in [-0.3, -0.25) is 9.69 Å².